The molecule has 1 aliphatic heterocycles. The summed E-state index contributed by atoms with van der Waals surface area (Å²) in [6.07, 6.45) is 2.54. The summed E-state index contributed by atoms with van der Waals surface area (Å²) in [5, 5.41) is 0. The van der Waals surface area contributed by atoms with E-state index in [1.807, 2.05) is 19.9 Å². The van der Waals surface area contributed by atoms with E-state index in [-0.39, 0.29) is 17.1 Å². The molecule has 1 aliphatic rings. The Bertz CT molecular complexity index is 1100. The molecule has 7 heteroatoms. The number of nitrogens with zero attached hydrogens (tertiary/aromatic N) is 1. The third kappa shape index (κ3) is 5.03. The molecule has 3 rings (SSSR count). The van der Waals surface area contributed by atoms with Gasteiger partial charge in [-0.3, -0.25) is 9.69 Å². The first-order valence-electron chi connectivity index (χ1n) is 10.8. The molecule has 0 aliphatic carbocycles. The van der Waals surface area contributed by atoms with Gasteiger partial charge >= 0.3 is 5.97 Å². The van der Waals surface area contributed by atoms with Gasteiger partial charge in [0.25, 0.3) is 5.91 Å². The molecule has 0 bridgehead atoms. The van der Waals surface area contributed by atoms with Gasteiger partial charge in [0.1, 0.15) is 5.75 Å². The number of methoxy groups -OCH3 is 2. The molecule has 0 spiro atoms. The molecule has 0 radical (unpaired) electrons. The Labute approximate surface area is 194 Å². The molecule has 2 aromatic rings. The van der Waals surface area contributed by atoms with Crippen molar-refractivity contribution in [2.75, 3.05) is 32.3 Å². The van der Waals surface area contributed by atoms with Gasteiger partial charge in [-0.1, -0.05) is 19.1 Å². The number of benzene rings is 2. The van der Waals surface area contributed by atoms with E-state index in [1.165, 1.54) is 12.0 Å². The predicted octanol–water partition coefficient (Wildman–Crippen LogP) is 4.76. The van der Waals surface area contributed by atoms with Gasteiger partial charge in [-0.05, 0) is 56.2 Å². The molecule has 0 atom stereocenters. The summed E-state index contributed by atoms with van der Waals surface area (Å²) in [5.74, 6) is 0.914. The fourth-order valence-electron chi connectivity index (χ4n) is 3.62. The monoisotopic (exact) mass is 451 g/mol. The van der Waals surface area contributed by atoms with E-state index in [4.69, 9.17) is 18.9 Å². The Morgan fingerprint density at radius 3 is 2.48 bits per heavy atom. The molecule has 0 aromatic heterocycles. The molecule has 0 unspecified atom stereocenters. The van der Waals surface area contributed by atoms with Gasteiger partial charge in [0.2, 0.25) is 0 Å². The fraction of sp³-hybridized carbons (Fsp3) is 0.308. The topological polar surface area (TPSA) is 74.3 Å². The summed E-state index contributed by atoms with van der Waals surface area (Å²) in [7, 11) is 2.86. The maximum Gasteiger partial charge on any atom is 0.340 e. The van der Waals surface area contributed by atoms with Crippen LogP contribution >= 0.6 is 0 Å². The van der Waals surface area contributed by atoms with Crippen molar-refractivity contribution in [3.8, 4) is 17.2 Å². The molecule has 174 valence electrons. The van der Waals surface area contributed by atoms with E-state index >= 15 is 0 Å². The summed E-state index contributed by atoms with van der Waals surface area (Å²) < 4.78 is 21.8. The van der Waals surface area contributed by atoms with Crippen LogP contribution in [0, 0.1) is 0 Å². The van der Waals surface area contributed by atoms with E-state index in [0.717, 1.165) is 6.42 Å². The smallest absolute Gasteiger partial charge is 0.340 e. The zero-order valence-corrected chi connectivity index (χ0v) is 19.6. The van der Waals surface area contributed by atoms with Crippen molar-refractivity contribution >= 4 is 23.6 Å². The summed E-state index contributed by atoms with van der Waals surface area (Å²) >= 11 is 0. The standard InChI is InChI=1S/C26H29NO6/c1-6-13-33-22-12-11-18(15-23(22)32-7-2)14-21-24(26(29)31-5)17(3)27(25(21)28)19-9-8-10-20(16-19)30-4/h8-12,14-16H,6-7,13H2,1-5H3/b21-14-. The van der Waals surface area contributed by atoms with Crippen molar-refractivity contribution in [2.24, 2.45) is 0 Å². The number of esters is 1. The number of amides is 1. The Morgan fingerprint density at radius 2 is 1.82 bits per heavy atom. The highest BCUT2D eigenvalue weighted by molar-refractivity contribution is 6.23. The molecule has 1 amide bonds. The van der Waals surface area contributed by atoms with Gasteiger partial charge < -0.3 is 18.9 Å². The largest absolute Gasteiger partial charge is 0.497 e. The third-order valence-corrected chi connectivity index (χ3v) is 5.14. The number of rotatable bonds is 9. The van der Waals surface area contributed by atoms with Gasteiger partial charge in [0.05, 0.1) is 44.3 Å². The first-order valence-corrected chi connectivity index (χ1v) is 10.8. The number of hydrogen-bond acceptors (Lipinski definition) is 6. The van der Waals surface area contributed by atoms with E-state index in [2.05, 4.69) is 0 Å². The molecule has 0 saturated heterocycles. The van der Waals surface area contributed by atoms with Crippen molar-refractivity contribution in [3.63, 3.8) is 0 Å². The minimum atomic E-state index is -0.578. The number of allylic oxidation sites excluding steroid dienone is 1. The summed E-state index contributed by atoms with van der Waals surface area (Å²) in [6.45, 7) is 6.68. The highest BCUT2D eigenvalue weighted by Gasteiger charge is 2.38. The quantitative estimate of drug-likeness (QED) is 0.404. The molecule has 33 heavy (non-hydrogen) atoms. The normalized spacial score (nSPS) is 14.6. The number of ether oxygens (including phenoxy) is 4. The number of hydrogen-bond donors (Lipinski definition) is 0. The zero-order chi connectivity index (χ0) is 24.0. The van der Waals surface area contributed by atoms with E-state index in [1.54, 1.807) is 56.5 Å². The lowest BCUT2D eigenvalue weighted by molar-refractivity contribution is -0.136. The Balaban J connectivity index is 2.08. The van der Waals surface area contributed by atoms with Crippen LogP contribution in [0.4, 0.5) is 5.69 Å². The molecular weight excluding hydrogens is 422 g/mol. The molecule has 2 aromatic carbocycles. The molecule has 0 saturated carbocycles. The van der Waals surface area contributed by atoms with Crippen LogP contribution in [-0.4, -0.2) is 39.3 Å². The van der Waals surface area contributed by atoms with Crippen molar-refractivity contribution < 1.29 is 28.5 Å². The van der Waals surface area contributed by atoms with Crippen LogP contribution in [0.15, 0.2) is 59.3 Å². The van der Waals surface area contributed by atoms with Crippen LogP contribution in [0.25, 0.3) is 6.08 Å². The Kier molecular flexibility index (Phi) is 7.77. The van der Waals surface area contributed by atoms with Gasteiger partial charge in [-0.2, -0.15) is 0 Å². The minimum Gasteiger partial charge on any atom is -0.497 e. The molecule has 0 N–H and O–H groups in total. The minimum absolute atomic E-state index is 0.217. The van der Waals surface area contributed by atoms with Crippen LogP contribution in [0.1, 0.15) is 32.8 Å². The molecule has 7 nitrogen and oxygen atoms in total. The second kappa shape index (κ2) is 10.7. The van der Waals surface area contributed by atoms with Crippen molar-refractivity contribution in [1.82, 2.24) is 0 Å². The second-order valence-corrected chi connectivity index (χ2v) is 7.34. The van der Waals surface area contributed by atoms with Crippen LogP contribution in [-0.2, 0) is 14.3 Å². The van der Waals surface area contributed by atoms with Gasteiger partial charge in [-0.15, -0.1) is 0 Å². The Morgan fingerprint density at radius 1 is 1.03 bits per heavy atom. The van der Waals surface area contributed by atoms with Crippen LogP contribution in [0.5, 0.6) is 17.2 Å². The first-order chi connectivity index (χ1) is 15.9. The maximum atomic E-state index is 13.5. The average molecular weight is 452 g/mol. The Hall–Kier alpha value is -3.74. The molecule has 0 fully saturated rings. The van der Waals surface area contributed by atoms with Crippen molar-refractivity contribution in [3.05, 3.63) is 64.9 Å². The summed E-state index contributed by atoms with van der Waals surface area (Å²) in [4.78, 5) is 27.6. The molecule has 1 heterocycles. The van der Waals surface area contributed by atoms with Crippen LogP contribution in [0.2, 0.25) is 0 Å². The third-order valence-electron chi connectivity index (χ3n) is 5.14. The lowest BCUT2D eigenvalue weighted by atomic mass is 10.0. The second-order valence-electron chi connectivity index (χ2n) is 7.34. The number of anilines is 1. The van der Waals surface area contributed by atoms with Crippen molar-refractivity contribution in [2.45, 2.75) is 27.2 Å². The summed E-state index contributed by atoms with van der Waals surface area (Å²) in [5.41, 5.74) is 2.24. The van der Waals surface area contributed by atoms with E-state index in [0.29, 0.717) is 47.4 Å². The highest BCUT2D eigenvalue weighted by atomic mass is 16.5. The number of carbonyl (C=O) groups is 2. The number of carbonyl (C=O) groups excluding carboxylic acids is 2. The van der Waals surface area contributed by atoms with Gasteiger partial charge in [-0.25, -0.2) is 4.79 Å². The van der Waals surface area contributed by atoms with E-state index < -0.39 is 5.97 Å². The molecular formula is C26H29NO6. The van der Waals surface area contributed by atoms with Gasteiger partial charge in [0.15, 0.2) is 11.5 Å². The lowest BCUT2D eigenvalue weighted by Gasteiger charge is -2.18. The first kappa shape index (κ1) is 23.9. The maximum absolute atomic E-state index is 13.5. The SMILES string of the molecule is CCCOc1ccc(/C=C2\C(=O)N(c3cccc(OC)c3)C(C)=C2C(=O)OC)cc1OCC. The van der Waals surface area contributed by atoms with E-state index in [9.17, 15) is 9.59 Å². The zero-order valence-electron chi connectivity index (χ0n) is 19.6. The van der Waals surface area contributed by atoms with Crippen LogP contribution < -0.4 is 19.1 Å². The lowest BCUT2D eigenvalue weighted by Crippen LogP contribution is -2.24. The van der Waals surface area contributed by atoms with Crippen LogP contribution in [0.3, 0.4) is 0 Å². The summed E-state index contributed by atoms with van der Waals surface area (Å²) in [6, 6.07) is 12.5. The van der Waals surface area contributed by atoms with Gasteiger partial charge in [0, 0.05) is 11.8 Å². The highest BCUT2D eigenvalue weighted by Crippen LogP contribution is 2.37. The average Bonchev–Trinajstić information content (AvgIpc) is 3.07. The fourth-order valence-corrected chi connectivity index (χ4v) is 3.62. The predicted molar refractivity (Wildman–Crippen MR) is 127 cm³/mol. The van der Waals surface area contributed by atoms with Crippen molar-refractivity contribution in [1.29, 1.82) is 0 Å².